The van der Waals surface area contributed by atoms with Crippen LogP contribution < -0.4 is 0 Å². The second-order valence-electron chi connectivity index (χ2n) is 7.99. The minimum atomic E-state index is -1.51. The molecule has 0 N–H and O–H groups in total. The first kappa shape index (κ1) is 24.8. The third-order valence-corrected chi connectivity index (χ3v) is 5.69. The van der Waals surface area contributed by atoms with Crippen LogP contribution in [0, 0.1) is 23.4 Å². The maximum atomic E-state index is 14.8. The normalized spacial score (nSPS) is 18.8. The molecule has 0 saturated carbocycles. The summed E-state index contributed by atoms with van der Waals surface area (Å²) < 4.78 is 95.4. The van der Waals surface area contributed by atoms with Gasteiger partial charge in [-0.3, -0.25) is 0 Å². The standard InChI is InChI=1S/C27H20F6O2/c1-2-15-13-34-27(35-14-15)18-7-8-20(22(29)9-18)16-3-5-17(6-4-16)25(32)26(33)19-10-23(30)21(12-28)24(31)11-19/h2-11,15,27H,1,12-14H2/b26-25+. The molecule has 0 amide bonds. The molecule has 0 spiro atoms. The molecule has 182 valence electrons. The minimum absolute atomic E-state index is 0.0701. The van der Waals surface area contributed by atoms with Crippen molar-refractivity contribution in [1.29, 1.82) is 0 Å². The van der Waals surface area contributed by atoms with E-state index in [-0.39, 0.29) is 17.0 Å². The van der Waals surface area contributed by atoms with E-state index < -0.39 is 53.2 Å². The van der Waals surface area contributed by atoms with E-state index in [2.05, 4.69) is 6.58 Å². The van der Waals surface area contributed by atoms with Crippen LogP contribution in [0.2, 0.25) is 0 Å². The van der Waals surface area contributed by atoms with Crippen LogP contribution in [0.5, 0.6) is 0 Å². The second-order valence-corrected chi connectivity index (χ2v) is 7.99. The Morgan fingerprint density at radius 2 is 1.43 bits per heavy atom. The Labute approximate surface area is 198 Å². The van der Waals surface area contributed by atoms with Crippen LogP contribution in [0.15, 0.2) is 67.3 Å². The van der Waals surface area contributed by atoms with Crippen LogP contribution in [-0.2, 0) is 16.1 Å². The zero-order valence-corrected chi connectivity index (χ0v) is 18.3. The van der Waals surface area contributed by atoms with Gasteiger partial charge in [0.2, 0.25) is 0 Å². The van der Waals surface area contributed by atoms with E-state index in [1.807, 2.05) is 0 Å². The fraction of sp³-hybridized carbons (Fsp3) is 0.185. The van der Waals surface area contributed by atoms with Crippen LogP contribution in [0.1, 0.15) is 28.5 Å². The van der Waals surface area contributed by atoms with E-state index in [0.29, 0.717) is 36.5 Å². The van der Waals surface area contributed by atoms with Gasteiger partial charge in [-0.2, -0.15) is 0 Å². The monoisotopic (exact) mass is 490 g/mol. The lowest BCUT2D eigenvalue weighted by Gasteiger charge is -2.28. The van der Waals surface area contributed by atoms with Crippen LogP contribution in [-0.4, -0.2) is 13.2 Å². The number of alkyl halides is 1. The quantitative estimate of drug-likeness (QED) is 0.199. The van der Waals surface area contributed by atoms with Crippen molar-refractivity contribution in [2.24, 2.45) is 5.92 Å². The first-order valence-electron chi connectivity index (χ1n) is 10.7. The molecule has 4 rings (SSSR count). The number of halogens is 6. The molecule has 1 saturated heterocycles. The van der Waals surface area contributed by atoms with Gasteiger partial charge in [-0.15, -0.1) is 6.58 Å². The highest BCUT2D eigenvalue weighted by molar-refractivity contribution is 5.84. The molecule has 1 fully saturated rings. The predicted molar refractivity (Wildman–Crippen MR) is 120 cm³/mol. The fourth-order valence-corrected chi connectivity index (χ4v) is 3.67. The predicted octanol–water partition coefficient (Wildman–Crippen LogP) is 7.85. The van der Waals surface area contributed by atoms with Crippen molar-refractivity contribution in [3.8, 4) is 11.1 Å². The Balaban J connectivity index is 1.55. The first-order valence-corrected chi connectivity index (χ1v) is 10.7. The largest absolute Gasteiger partial charge is 0.348 e. The fourth-order valence-electron chi connectivity index (χ4n) is 3.67. The van der Waals surface area contributed by atoms with E-state index >= 15 is 0 Å². The van der Waals surface area contributed by atoms with Gasteiger partial charge in [0.25, 0.3) is 0 Å². The Morgan fingerprint density at radius 1 is 0.829 bits per heavy atom. The minimum Gasteiger partial charge on any atom is -0.348 e. The van der Waals surface area contributed by atoms with Gasteiger partial charge in [-0.05, 0) is 23.8 Å². The molecule has 1 aliphatic heterocycles. The number of hydrogen-bond donors (Lipinski definition) is 0. The lowest BCUT2D eigenvalue weighted by atomic mass is 10.0. The molecule has 1 heterocycles. The molecule has 0 aliphatic carbocycles. The van der Waals surface area contributed by atoms with Crippen molar-refractivity contribution in [2.75, 3.05) is 13.2 Å². The Kier molecular flexibility index (Phi) is 7.42. The van der Waals surface area contributed by atoms with Crippen molar-refractivity contribution < 1.29 is 35.8 Å². The topological polar surface area (TPSA) is 18.5 Å². The zero-order valence-electron chi connectivity index (χ0n) is 18.3. The summed E-state index contributed by atoms with van der Waals surface area (Å²) >= 11 is 0. The molecule has 0 atom stereocenters. The molecule has 0 radical (unpaired) electrons. The molecule has 3 aromatic carbocycles. The number of hydrogen-bond acceptors (Lipinski definition) is 2. The summed E-state index contributed by atoms with van der Waals surface area (Å²) in [5.74, 6) is -6.00. The van der Waals surface area contributed by atoms with Gasteiger partial charge in [0.05, 0.1) is 18.8 Å². The molecular formula is C27H20F6O2. The van der Waals surface area contributed by atoms with Crippen molar-refractivity contribution >= 4 is 11.7 Å². The summed E-state index contributed by atoms with van der Waals surface area (Å²) in [6, 6.07) is 10.7. The molecule has 0 bridgehead atoms. The van der Waals surface area contributed by atoms with Crippen molar-refractivity contribution in [2.45, 2.75) is 13.0 Å². The molecular weight excluding hydrogens is 470 g/mol. The van der Waals surface area contributed by atoms with E-state index in [0.717, 1.165) is 0 Å². The van der Waals surface area contributed by atoms with Gasteiger partial charge in [0.15, 0.2) is 17.9 Å². The summed E-state index contributed by atoms with van der Waals surface area (Å²) in [6.45, 7) is 3.09. The number of benzene rings is 3. The summed E-state index contributed by atoms with van der Waals surface area (Å²) in [7, 11) is 0. The summed E-state index contributed by atoms with van der Waals surface area (Å²) in [4.78, 5) is 0. The van der Waals surface area contributed by atoms with Gasteiger partial charge in [-0.25, -0.2) is 26.3 Å². The van der Waals surface area contributed by atoms with Gasteiger partial charge >= 0.3 is 0 Å². The molecule has 8 heteroatoms. The molecule has 35 heavy (non-hydrogen) atoms. The van der Waals surface area contributed by atoms with Crippen molar-refractivity contribution in [1.82, 2.24) is 0 Å². The Morgan fingerprint density at radius 3 is 1.97 bits per heavy atom. The maximum Gasteiger partial charge on any atom is 0.183 e. The van der Waals surface area contributed by atoms with Gasteiger partial charge in [-0.1, -0.05) is 42.5 Å². The Bertz CT molecular complexity index is 1240. The van der Waals surface area contributed by atoms with Crippen LogP contribution >= 0.6 is 0 Å². The molecule has 0 aromatic heterocycles. The average molecular weight is 490 g/mol. The van der Waals surface area contributed by atoms with Crippen molar-refractivity contribution in [3.05, 3.63) is 107 Å². The number of ether oxygens (including phenoxy) is 2. The molecule has 3 aromatic rings. The highest BCUT2D eigenvalue weighted by Gasteiger charge is 2.23. The van der Waals surface area contributed by atoms with Crippen LogP contribution in [0.4, 0.5) is 26.3 Å². The highest BCUT2D eigenvalue weighted by Crippen LogP contribution is 2.33. The lowest BCUT2D eigenvalue weighted by Crippen LogP contribution is -2.25. The molecule has 2 nitrogen and oxygen atoms in total. The maximum absolute atomic E-state index is 14.8. The van der Waals surface area contributed by atoms with Crippen LogP contribution in [0.25, 0.3) is 22.8 Å². The van der Waals surface area contributed by atoms with Crippen molar-refractivity contribution in [3.63, 3.8) is 0 Å². The molecule has 0 unspecified atom stereocenters. The SMILES string of the molecule is C=CC1COC(c2ccc(-c3ccc(/C(F)=C(\F)c4cc(F)c(CF)c(F)c4)cc3)c(F)c2)OC1. The van der Waals surface area contributed by atoms with Gasteiger partial charge < -0.3 is 9.47 Å². The molecule has 1 aliphatic rings. The Hall–Kier alpha value is -3.36. The smallest absolute Gasteiger partial charge is 0.183 e. The second kappa shape index (κ2) is 10.5. The first-order chi connectivity index (χ1) is 16.8. The average Bonchev–Trinajstić information content (AvgIpc) is 2.87. The third-order valence-electron chi connectivity index (χ3n) is 5.69. The summed E-state index contributed by atoms with van der Waals surface area (Å²) in [6.07, 6.45) is 1.03. The van der Waals surface area contributed by atoms with E-state index in [1.54, 1.807) is 12.1 Å². The van der Waals surface area contributed by atoms with Gasteiger partial charge in [0.1, 0.15) is 24.1 Å². The van der Waals surface area contributed by atoms with E-state index in [4.69, 9.17) is 9.47 Å². The van der Waals surface area contributed by atoms with Gasteiger partial charge in [0, 0.05) is 28.2 Å². The number of rotatable bonds is 6. The highest BCUT2D eigenvalue weighted by atomic mass is 19.2. The zero-order chi connectivity index (χ0) is 25.1. The lowest BCUT2D eigenvalue weighted by molar-refractivity contribution is -0.197. The summed E-state index contributed by atoms with van der Waals surface area (Å²) in [5, 5.41) is 0. The summed E-state index contributed by atoms with van der Waals surface area (Å²) in [5.41, 5.74) is -0.670. The van der Waals surface area contributed by atoms with E-state index in [9.17, 15) is 26.3 Å². The van der Waals surface area contributed by atoms with Crippen LogP contribution in [0.3, 0.4) is 0 Å². The third kappa shape index (κ3) is 5.18. The van der Waals surface area contributed by atoms with E-state index in [1.165, 1.54) is 36.4 Å².